The molecule has 1 amide bonds. The summed E-state index contributed by atoms with van der Waals surface area (Å²) in [6, 6.07) is 5.51. The molecule has 0 saturated heterocycles. The third-order valence-corrected chi connectivity index (χ3v) is 2.30. The molecule has 1 aromatic carbocycles. The number of fused-ring (bicyclic) bond motifs is 1. The second kappa shape index (κ2) is 4.73. The van der Waals surface area contributed by atoms with E-state index in [1.807, 2.05) is 18.2 Å². The molecule has 90 valence electrons. The van der Waals surface area contributed by atoms with Crippen LogP contribution < -0.4 is 16.4 Å². The smallest absolute Gasteiger partial charge is 0.216 e. The van der Waals surface area contributed by atoms with Crippen LogP contribution in [0.5, 0.6) is 0 Å². The van der Waals surface area contributed by atoms with Crippen LogP contribution >= 0.6 is 0 Å². The molecule has 1 aromatic heterocycles. The van der Waals surface area contributed by atoms with Gasteiger partial charge in [0.2, 0.25) is 11.9 Å². The summed E-state index contributed by atoms with van der Waals surface area (Å²) in [6.07, 6.45) is 0. The van der Waals surface area contributed by atoms with Gasteiger partial charge in [0.25, 0.3) is 0 Å². The monoisotopic (exact) mass is 233 g/mol. The number of nitrogen functional groups attached to an aromatic ring is 1. The van der Waals surface area contributed by atoms with Crippen LogP contribution in [0.2, 0.25) is 0 Å². The number of imidazole rings is 1. The van der Waals surface area contributed by atoms with Crippen LogP contribution in [-0.4, -0.2) is 29.0 Å². The van der Waals surface area contributed by atoms with Crippen molar-refractivity contribution in [3.05, 3.63) is 18.2 Å². The number of nitrogens with two attached hydrogens (primary N) is 1. The van der Waals surface area contributed by atoms with Gasteiger partial charge in [0.1, 0.15) is 0 Å². The van der Waals surface area contributed by atoms with Crippen LogP contribution in [0.3, 0.4) is 0 Å². The topological polar surface area (TPSA) is 95.8 Å². The van der Waals surface area contributed by atoms with Crippen molar-refractivity contribution < 1.29 is 4.79 Å². The molecule has 2 rings (SSSR count). The fraction of sp³-hybridized carbons (Fsp3) is 0.273. The molecular formula is C11H15N5O. The van der Waals surface area contributed by atoms with Gasteiger partial charge in [0.15, 0.2) is 0 Å². The lowest BCUT2D eigenvalue weighted by Gasteiger charge is -2.02. The Hall–Kier alpha value is -2.24. The number of benzene rings is 1. The molecule has 0 fully saturated rings. The fourth-order valence-corrected chi connectivity index (χ4v) is 1.53. The second-order valence-corrected chi connectivity index (χ2v) is 3.77. The Morgan fingerprint density at radius 1 is 1.47 bits per heavy atom. The van der Waals surface area contributed by atoms with E-state index < -0.39 is 0 Å². The number of hydrogen-bond acceptors (Lipinski definition) is 4. The van der Waals surface area contributed by atoms with Crippen molar-refractivity contribution >= 4 is 28.6 Å². The molecule has 0 aliphatic carbocycles. The number of aromatic amines is 1. The first-order valence-corrected chi connectivity index (χ1v) is 5.39. The highest BCUT2D eigenvalue weighted by Gasteiger charge is 2.01. The van der Waals surface area contributed by atoms with Crippen molar-refractivity contribution in [3.8, 4) is 0 Å². The Morgan fingerprint density at radius 3 is 3.06 bits per heavy atom. The summed E-state index contributed by atoms with van der Waals surface area (Å²) in [4.78, 5) is 18.1. The number of amides is 1. The zero-order valence-electron chi connectivity index (χ0n) is 9.58. The number of aromatic nitrogens is 2. The molecule has 0 bridgehead atoms. The normalized spacial score (nSPS) is 10.4. The fourth-order valence-electron chi connectivity index (χ4n) is 1.53. The summed E-state index contributed by atoms with van der Waals surface area (Å²) in [5.41, 5.74) is 8.13. The highest BCUT2D eigenvalue weighted by Crippen LogP contribution is 2.16. The first-order chi connectivity index (χ1) is 8.15. The Morgan fingerprint density at radius 2 is 2.29 bits per heavy atom. The van der Waals surface area contributed by atoms with E-state index in [4.69, 9.17) is 5.73 Å². The van der Waals surface area contributed by atoms with Crippen molar-refractivity contribution in [3.63, 3.8) is 0 Å². The van der Waals surface area contributed by atoms with Crippen LogP contribution in [-0.2, 0) is 4.79 Å². The molecule has 5 N–H and O–H groups in total. The summed E-state index contributed by atoms with van der Waals surface area (Å²) in [7, 11) is 0. The maximum Gasteiger partial charge on any atom is 0.216 e. The zero-order chi connectivity index (χ0) is 12.3. The van der Waals surface area contributed by atoms with Crippen LogP contribution in [0.4, 0.5) is 11.6 Å². The largest absolute Gasteiger partial charge is 0.399 e. The molecule has 0 aliphatic heterocycles. The highest BCUT2D eigenvalue weighted by molar-refractivity contribution is 5.80. The molecule has 0 atom stereocenters. The van der Waals surface area contributed by atoms with Gasteiger partial charge < -0.3 is 21.4 Å². The van der Waals surface area contributed by atoms with Crippen molar-refractivity contribution in [1.29, 1.82) is 0 Å². The predicted molar refractivity (Wildman–Crippen MR) is 67.7 cm³/mol. The third-order valence-electron chi connectivity index (χ3n) is 2.30. The molecule has 0 radical (unpaired) electrons. The Bertz CT molecular complexity index is 534. The molecule has 17 heavy (non-hydrogen) atoms. The van der Waals surface area contributed by atoms with E-state index in [-0.39, 0.29) is 5.91 Å². The number of nitrogens with zero attached hydrogens (tertiary/aromatic N) is 1. The number of H-pyrrole nitrogens is 1. The molecule has 0 aliphatic rings. The van der Waals surface area contributed by atoms with Gasteiger partial charge in [-0.15, -0.1) is 0 Å². The van der Waals surface area contributed by atoms with Crippen molar-refractivity contribution in [1.82, 2.24) is 15.3 Å². The Kier molecular flexibility index (Phi) is 3.13. The van der Waals surface area contributed by atoms with E-state index in [0.29, 0.717) is 24.7 Å². The average Bonchev–Trinajstić information content (AvgIpc) is 2.66. The van der Waals surface area contributed by atoms with E-state index in [1.54, 1.807) is 0 Å². The predicted octanol–water partition coefficient (Wildman–Crippen LogP) is 0.693. The molecule has 0 saturated carbocycles. The summed E-state index contributed by atoms with van der Waals surface area (Å²) >= 11 is 0. The number of hydrogen-bond donors (Lipinski definition) is 4. The van der Waals surface area contributed by atoms with Crippen LogP contribution in [0.25, 0.3) is 11.0 Å². The zero-order valence-corrected chi connectivity index (χ0v) is 9.58. The average molecular weight is 233 g/mol. The lowest BCUT2D eigenvalue weighted by molar-refractivity contribution is -0.118. The molecule has 0 unspecified atom stereocenters. The molecule has 6 nitrogen and oxygen atoms in total. The minimum atomic E-state index is -0.0378. The second-order valence-electron chi connectivity index (χ2n) is 3.77. The van der Waals surface area contributed by atoms with E-state index in [9.17, 15) is 4.79 Å². The van der Waals surface area contributed by atoms with Crippen LogP contribution in [0.15, 0.2) is 18.2 Å². The first-order valence-electron chi connectivity index (χ1n) is 5.39. The number of nitrogens with one attached hydrogen (secondary N) is 3. The third kappa shape index (κ3) is 2.87. The van der Waals surface area contributed by atoms with Gasteiger partial charge in [0, 0.05) is 25.7 Å². The van der Waals surface area contributed by atoms with Crippen molar-refractivity contribution in [2.45, 2.75) is 6.92 Å². The Balaban J connectivity index is 1.97. The number of anilines is 2. The number of carbonyl (C=O) groups excluding carboxylic acids is 1. The number of carbonyl (C=O) groups is 1. The van der Waals surface area contributed by atoms with Gasteiger partial charge >= 0.3 is 0 Å². The van der Waals surface area contributed by atoms with Gasteiger partial charge in [-0.2, -0.15) is 0 Å². The molecule has 0 spiro atoms. The van der Waals surface area contributed by atoms with E-state index in [1.165, 1.54) is 6.92 Å². The lowest BCUT2D eigenvalue weighted by atomic mass is 10.3. The van der Waals surface area contributed by atoms with Crippen molar-refractivity contribution in [2.24, 2.45) is 0 Å². The Labute approximate surface area is 98.6 Å². The quantitative estimate of drug-likeness (QED) is 0.461. The standard InChI is InChI=1S/C11H15N5O/c1-7(17)13-4-5-14-11-15-9-3-2-8(12)6-10(9)16-11/h2-3,6H,4-5,12H2,1H3,(H,13,17)(H2,14,15,16). The van der Waals surface area contributed by atoms with Crippen LogP contribution in [0.1, 0.15) is 6.92 Å². The highest BCUT2D eigenvalue weighted by atomic mass is 16.1. The van der Waals surface area contributed by atoms with E-state index in [0.717, 1.165) is 11.0 Å². The van der Waals surface area contributed by atoms with Gasteiger partial charge in [-0.25, -0.2) is 4.98 Å². The maximum atomic E-state index is 10.7. The summed E-state index contributed by atoms with van der Waals surface area (Å²) in [6.45, 7) is 2.67. The van der Waals surface area contributed by atoms with Gasteiger partial charge in [0.05, 0.1) is 11.0 Å². The lowest BCUT2D eigenvalue weighted by Crippen LogP contribution is -2.26. The van der Waals surface area contributed by atoms with Gasteiger partial charge in [-0.05, 0) is 18.2 Å². The minimum absolute atomic E-state index is 0.0378. The van der Waals surface area contributed by atoms with Gasteiger partial charge in [-0.1, -0.05) is 0 Å². The van der Waals surface area contributed by atoms with Crippen LogP contribution in [0, 0.1) is 0 Å². The summed E-state index contributed by atoms with van der Waals surface area (Å²) in [5.74, 6) is 0.639. The van der Waals surface area contributed by atoms with E-state index in [2.05, 4.69) is 20.6 Å². The minimum Gasteiger partial charge on any atom is -0.399 e. The molecule has 2 aromatic rings. The summed E-state index contributed by atoms with van der Waals surface area (Å²) < 4.78 is 0. The molecular weight excluding hydrogens is 218 g/mol. The number of rotatable bonds is 4. The van der Waals surface area contributed by atoms with Crippen molar-refractivity contribution in [2.75, 3.05) is 24.1 Å². The molecule has 6 heteroatoms. The SMILES string of the molecule is CC(=O)NCCNc1nc2ccc(N)cc2[nH]1. The summed E-state index contributed by atoms with van der Waals surface area (Å²) in [5, 5.41) is 5.78. The van der Waals surface area contributed by atoms with E-state index >= 15 is 0 Å². The maximum absolute atomic E-state index is 10.7. The van der Waals surface area contributed by atoms with Gasteiger partial charge in [-0.3, -0.25) is 4.79 Å². The first kappa shape index (κ1) is 11.3. The molecule has 1 heterocycles.